The van der Waals surface area contributed by atoms with E-state index >= 15 is 0 Å². The fourth-order valence-electron chi connectivity index (χ4n) is 4.60. The van der Waals surface area contributed by atoms with E-state index in [0.717, 1.165) is 54.0 Å². The summed E-state index contributed by atoms with van der Waals surface area (Å²) in [5.74, 6) is 1.41. The van der Waals surface area contributed by atoms with Gasteiger partial charge in [0, 0.05) is 24.8 Å². The normalized spacial score (nSPS) is 12.7. The van der Waals surface area contributed by atoms with Crippen molar-refractivity contribution in [2.45, 2.75) is 37.3 Å². The first kappa shape index (κ1) is 22.9. The smallest absolute Gasteiger partial charge is 0.236 e. The van der Waals surface area contributed by atoms with Crippen LogP contribution < -0.4 is 5.32 Å². The van der Waals surface area contributed by atoms with Crippen molar-refractivity contribution in [3.63, 3.8) is 0 Å². The Morgan fingerprint density at radius 1 is 1.06 bits per heavy atom. The summed E-state index contributed by atoms with van der Waals surface area (Å²) < 4.78 is 3.98. The standard InChI is InChI=1S/C27H26N6OS/c1-32-24(16-19-10-4-2-5-11-19)30-31-27(32)35-18-25(34)29-26-22(17-28)21-14-8-9-15-23(21)33(26)20-12-6-3-7-13-20/h2-7,10-13H,8-9,14-16,18H2,1H3,(H,29,34). The molecule has 7 nitrogen and oxygen atoms in total. The Morgan fingerprint density at radius 3 is 2.51 bits per heavy atom. The molecule has 5 rings (SSSR count). The summed E-state index contributed by atoms with van der Waals surface area (Å²) in [6, 6.07) is 22.4. The molecule has 8 heteroatoms. The van der Waals surface area contributed by atoms with Crippen LogP contribution in [0.15, 0.2) is 65.8 Å². The van der Waals surface area contributed by atoms with Gasteiger partial charge >= 0.3 is 0 Å². The Bertz CT molecular complexity index is 1380. The van der Waals surface area contributed by atoms with Gasteiger partial charge in [0.05, 0.1) is 11.3 Å². The largest absolute Gasteiger partial charge is 0.310 e. The van der Waals surface area contributed by atoms with Gasteiger partial charge in [-0.1, -0.05) is 60.3 Å². The molecule has 0 radical (unpaired) electrons. The number of nitriles is 1. The predicted octanol–water partition coefficient (Wildman–Crippen LogP) is 4.68. The molecule has 1 aliphatic rings. The number of nitrogens with zero attached hydrogens (tertiary/aromatic N) is 5. The second-order valence-corrected chi connectivity index (χ2v) is 9.54. The molecule has 0 saturated heterocycles. The van der Waals surface area contributed by atoms with Gasteiger partial charge in [-0.15, -0.1) is 10.2 Å². The molecule has 0 fully saturated rings. The number of hydrogen-bond donors (Lipinski definition) is 1. The van der Waals surface area contributed by atoms with Gasteiger partial charge in [-0.2, -0.15) is 5.26 Å². The monoisotopic (exact) mass is 482 g/mol. The Hall–Kier alpha value is -3.83. The van der Waals surface area contributed by atoms with Crippen LogP contribution in [0.4, 0.5) is 5.82 Å². The van der Waals surface area contributed by atoms with Crippen LogP contribution in [-0.4, -0.2) is 31.0 Å². The highest BCUT2D eigenvalue weighted by Gasteiger charge is 2.26. The van der Waals surface area contributed by atoms with Crippen molar-refractivity contribution < 1.29 is 4.79 Å². The third-order valence-corrected chi connectivity index (χ3v) is 7.34. The lowest BCUT2D eigenvalue weighted by Gasteiger charge is -2.17. The quantitative estimate of drug-likeness (QED) is 0.387. The van der Waals surface area contributed by atoms with Gasteiger partial charge in [-0.25, -0.2) is 0 Å². The molecule has 0 saturated carbocycles. The first-order valence-corrected chi connectivity index (χ1v) is 12.7. The number of para-hydroxylation sites is 1. The summed E-state index contributed by atoms with van der Waals surface area (Å²) in [6.45, 7) is 0. The second-order valence-electron chi connectivity index (χ2n) is 8.60. The number of anilines is 1. The Balaban J connectivity index is 1.35. The second kappa shape index (κ2) is 10.2. The zero-order chi connectivity index (χ0) is 24.2. The average molecular weight is 483 g/mol. The average Bonchev–Trinajstić information content (AvgIpc) is 3.40. The van der Waals surface area contributed by atoms with E-state index < -0.39 is 0 Å². The van der Waals surface area contributed by atoms with E-state index in [2.05, 4.69) is 38.3 Å². The lowest BCUT2D eigenvalue weighted by Crippen LogP contribution is -2.18. The zero-order valence-corrected chi connectivity index (χ0v) is 20.4. The molecule has 0 atom stereocenters. The Labute approximate surface area is 208 Å². The van der Waals surface area contributed by atoms with Gasteiger partial charge in [-0.05, 0) is 48.9 Å². The molecule has 1 N–H and O–H groups in total. The van der Waals surface area contributed by atoms with E-state index in [4.69, 9.17) is 0 Å². The predicted molar refractivity (Wildman–Crippen MR) is 137 cm³/mol. The van der Waals surface area contributed by atoms with Crippen molar-refractivity contribution >= 4 is 23.5 Å². The number of nitrogens with one attached hydrogen (secondary N) is 1. The lowest BCUT2D eigenvalue weighted by atomic mass is 9.95. The number of amides is 1. The van der Waals surface area contributed by atoms with Gasteiger partial charge < -0.3 is 9.88 Å². The molecule has 1 aliphatic carbocycles. The summed E-state index contributed by atoms with van der Waals surface area (Å²) in [4.78, 5) is 13.0. The number of benzene rings is 2. The SMILES string of the molecule is Cn1c(Cc2ccccc2)nnc1SCC(=O)Nc1c(C#N)c2c(n1-c1ccccc1)CCCC2. The maximum atomic E-state index is 13.0. The molecule has 2 aromatic carbocycles. The Morgan fingerprint density at radius 2 is 1.77 bits per heavy atom. The highest BCUT2D eigenvalue weighted by molar-refractivity contribution is 7.99. The number of rotatable bonds is 7. The minimum atomic E-state index is -0.175. The highest BCUT2D eigenvalue weighted by atomic mass is 32.2. The molecule has 0 spiro atoms. The Kier molecular flexibility index (Phi) is 6.68. The van der Waals surface area contributed by atoms with E-state index in [1.165, 1.54) is 11.8 Å². The minimum Gasteiger partial charge on any atom is -0.310 e. The number of thioether (sulfide) groups is 1. The van der Waals surface area contributed by atoms with Crippen LogP contribution in [0.1, 0.15) is 41.1 Å². The van der Waals surface area contributed by atoms with Crippen molar-refractivity contribution in [1.29, 1.82) is 5.26 Å². The fraction of sp³-hybridized carbons (Fsp3) is 0.259. The number of carbonyl (C=O) groups is 1. The van der Waals surface area contributed by atoms with E-state index in [1.807, 2.05) is 60.1 Å². The first-order chi connectivity index (χ1) is 17.2. The molecule has 0 unspecified atom stereocenters. The van der Waals surface area contributed by atoms with Gasteiger partial charge in [0.15, 0.2) is 5.16 Å². The minimum absolute atomic E-state index is 0.173. The van der Waals surface area contributed by atoms with Crippen LogP contribution in [0.5, 0.6) is 0 Å². The molecular formula is C27H26N6OS. The van der Waals surface area contributed by atoms with E-state index in [0.29, 0.717) is 23.0 Å². The summed E-state index contributed by atoms with van der Waals surface area (Å²) in [5, 5.41) is 22.3. The topological polar surface area (TPSA) is 88.5 Å². The zero-order valence-electron chi connectivity index (χ0n) is 19.6. The highest BCUT2D eigenvalue weighted by Crippen LogP contribution is 2.35. The van der Waals surface area contributed by atoms with Crippen molar-refractivity contribution in [3.8, 4) is 11.8 Å². The first-order valence-electron chi connectivity index (χ1n) is 11.7. The van der Waals surface area contributed by atoms with E-state index in [9.17, 15) is 10.1 Å². The van der Waals surface area contributed by atoms with Gasteiger partial charge in [0.2, 0.25) is 5.91 Å². The molecule has 1 amide bonds. The maximum Gasteiger partial charge on any atom is 0.236 e. The van der Waals surface area contributed by atoms with Crippen molar-refractivity contribution in [2.24, 2.45) is 7.05 Å². The summed E-state index contributed by atoms with van der Waals surface area (Å²) >= 11 is 1.34. The van der Waals surface area contributed by atoms with Crippen molar-refractivity contribution in [1.82, 2.24) is 19.3 Å². The molecule has 0 bridgehead atoms. The van der Waals surface area contributed by atoms with Crippen LogP contribution in [0.25, 0.3) is 5.69 Å². The molecule has 2 aromatic heterocycles. The number of fused-ring (bicyclic) bond motifs is 1. The van der Waals surface area contributed by atoms with Gasteiger partial charge in [-0.3, -0.25) is 9.36 Å². The number of carbonyl (C=O) groups excluding carboxylic acids is 1. The summed E-state index contributed by atoms with van der Waals surface area (Å²) in [7, 11) is 1.92. The summed E-state index contributed by atoms with van der Waals surface area (Å²) in [6.07, 6.45) is 4.57. The van der Waals surface area contributed by atoms with Crippen LogP contribution in [0.2, 0.25) is 0 Å². The van der Waals surface area contributed by atoms with Crippen LogP contribution in [-0.2, 0) is 31.1 Å². The van der Waals surface area contributed by atoms with Crippen LogP contribution in [0, 0.1) is 11.3 Å². The summed E-state index contributed by atoms with van der Waals surface area (Å²) in [5.41, 5.74) is 4.87. The molecule has 35 heavy (non-hydrogen) atoms. The van der Waals surface area contributed by atoms with Gasteiger partial charge in [0.25, 0.3) is 0 Å². The maximum absolute atomic E-state index is 13.0. The molecule has 0 aliphatic heterocycles. The molecular weight excluding hydrogens is 456 g/mol. The van der Waals surface area contributed by atoms with Crippen LogP contribution in [0.3, 0.4) is 0 Å². The fourth-order valence-corrected chi connectivity index (χ4v) is 5.33. The van der Waals surface area contributed by atoms with E-state index in [-0.39, 0.29) is 11.7 Å². The molecule has 2 heterocycles. The third-order valence-electron chi connectivity index (χ3n) is 6.32. The number of aromatic nitrogens is 4. The molecule has 176 valence electrons. The third kappa shape index (κ3) is 4.73. The van der Waals surface area contributed by atoms with Crippen LogP contribution >= 0.6 is 11.8 Å². The van der Waals surface area contributed by atoms with Gasteiger partial charge in [0.1, 0.15) is 17.7 Å². The molecule has 4 aromatic rings. The lowest BCUT2D eigenvalue weighted by molar-refractivity contribution is -0.113. The van der Waals surface area contributed by atoms with E-state index in [1.54, 1.807) is 0 Å². The van der Waals surface area contributed by atoms with Crippen molar-refractivity contribution in [2.75, 3.05) is 11.1 Å². The number of hydrogen-bond acceptors (Lipinski definition) is 5. The van der Waals surface area contributed by atoms with Crippen molar-refractivity contribution in [3.05, 3.63) is 88.9 Å².